The quantitative estimate of drug-likeness (QED) is 0.476. The van der Waals surface area contributed by atoms with Crippen LogP contribution in [0.25, 0.3) is 22.3 Å². The third-order valence-electron chi connectivity index (χ3n) is 6.08. The molecule has 2 aliphatic carbocycles. The van der Waals surface area contributed by atoms with Crippen molar-refractivity contribution in [1.29, 1.82) is 0 Å². The summed E-state index contributed by atoms with van der Waals surface area (Å²) in [5, 5.41) is 0. The summed E-state index contributed by atoms with van der Waals surface area (Å²) in [6.45, 7) is 0. The van der Waals surface area contributed by atoms with Crippen LogP contribution in [-0.2, 0) is 5.41 Å². The molecule has 3 aromatic carbocycles. The maximum absolute atomic E-state index is 2.48. The molecule has 0 bridgehead atoms. The molecule has 0 atom stereocenters. The molecule has 0 unspecified atom stereocenters. The molecule has 0 heteroatoms. The molecule has 0 aromatic heterocycles. The van der Waals surface area contributed by atoms with Crippen molar-refractivity contribution in [3.63, 3.8) is 0 Å². The van der Waals surface area contributed by atoms with Crippen LogP contribution in [0.4, 0.5) is 0 Å². The van der Waals surface area contributed by atoms with E-state index in [4.69, 9.17) is 0 Å². The maximum Gasteiger partial charge on any atom is 0.0215 e. The predicted octanol–water partition coefficient (Wildman–Crippen LogP) is 6.58. The van der Waals surface area contributed by atoms with E-state index in [1.807, 2.05) is 0 Å². The smallest absolute Gasteiger partial charge is 0.0215 e. The fraction of sp³-hybridized carbons (Fsp3) is 0.250. The molecule has 0 saturated heterocycles. The summed E-state index contributed by atoms with van der Waals surface area (Å²) in [7, 11) is 0. The van der Waals surface area contributed by atoms with Gasteiger partial charge < -0.3 is 0 Å². The molecule has 0 amide bonds. The van der Waals surface area contributed by atoms with Crippen LogP contribution in [0.5, 0.6) is 0 Å². The van der Waals surface area contributed by atoms with Gasteiger partial charge in [0.1, 0.15) is 0 Å². The topological polar surface area (TPSA) is 0 Å². The zero-order valence-corrected chi connectivity index (χ0v) is 14.0. The van der Waals surface area contributed by atoms with Gasteiger partial charge in [0, 0.05) is 5.41 Å². The number of rotatable bonds is 1. The lowest BCUT2D eigenvalue weighted by atomic mass is 9.67. The molecular weight excluding hydrogens is 288 g/mol. The van der Waals surface area contributed by atoms with Crippen LogP contribution in [0.15, 0.2) is 72.8 Å². The molecule has 1 fully saturated rings. The van der Waals surface area contributed by atoms with Gasteiger partial charge in [-0.15, -0.1) is 0 Å². The second kappa shape index (κ2) is 5.34. The van der Waals surface area contributed by atoms with Gasteiger partial charge in [-0.05, 0) is 52.3 Å². The minimum Gasteiger partial charge on any atom is -0.0622 e. The minimum absolute atomic E-state index is 0.259. The molecule has 2 aliphatic rings. The van der Waals surface area contributed by atoms with Crippen molar-refractivity contribution in [3.05, 3.63) is 83.9 Å². The van der Waals surface area contributed by atoms with E-state index >= 15 is 0 Å². The summed E-state index contributed by atoms with van der Waals surface area (Å²) in [4.78, 5) is 0. The lowest BCUT2D eigenvalue weighted by Crippen LogP contribution is -2.28. The average molecular weight is 310 g/mol. The van der Waals surface area contributed by atoms with Gasteiger partial charge in [-0.3, -0.25) is 0 Å². The highest BCUT2D eigenvalue weighted by atomic mass is 14.5. The first-order valence-electron chi connectivity index (χ1n) is 9.18. The van der Waals surface area contributed by atoms with Gasteiger partial charge in [-0.25, -0.2) is 0 Å². The Hall–Kier alpha value is -2.34. The Morgan fingerprint density at radius 1 is 0.542 bits per heavy atom. The summed E-state index contributed by atoms with van der Waals surface area (Å²) < 4.78 is 0. The predicted molar refractivity (Wildman–Crippen MR) is 101 cm³/mol. The number of fused-ring (bicyclic) bond motifs is 5. The van der Waals surface area contributed by atoms with Gasteiger partial charge >= 0.3 is 0 Å². The van der Waals surface area contributed by atoms with E-state index in [1.54, 1.807) is 11.1 Å². The maximum atomic E-state index is 2.48. The normalized spacial score (nSPS) is 17.5. The Bertz CT molecular complexity index is 883. The highest BCUT2D eigenvalue weighted by molar-refractivity contribution is 5.84. The van der Waals surface area contributed by atoms with E-state index < -0.39 is 0 Å². The summed E-state index contributed by atoms with van der Waals surface area (Å²) in [6.07, 6.45) is 6.69. The Balaban J connectivity index is 1.74. The van der Waals surface area contributed by atoms with E-state index in [0.29, 0.717) is 0 Å². The van der Waals surface area contributed by atoms with Crippen molar-refractivity contribution >= 4 is 0 Å². The molecule has 5 rings (SSSR count). The monoisotopic (exact) mass is 310 g/mol. The van der Waals surface area contributed by atoms with Gasteiger partial charge in [-0.1, -0.05) is 86.0 Å². The lowest BCUT2D eigenvalue weighted by molar-refractivity contribution is 0.353. The largest absolute Gasteiger partial charge is 0.0622 e. The van der Waals surface area contributed by atoms with E-state index in [2.05, 4.69) is 72.8 Å². The van der Waals surface area contributed by atoms with E-state index in [1.165, 1.54) is 54.4 Å². The molecule has 0 heterocycles. The van der Waals surface area contributed by atoms with Gasteiger partial charge in [0.15, 0.2) is 0 Å². The summed E-state index contributed by atoms with van der Waals surface area (Å²) in [5.41, 5.74) is 9.01. The van der Waals surface area contributed by atoms with Crippen LogP contribution < -0.4 is 0 Å². The van der Waals surface area contributed by atoms with Crippen molar-refractivity contribution in [2.24, 2.45) is 0 Å². The third kappa shape index (κ3) is 1.92. The highest BCUT2D eigenvalue weighted by Crippen LogP contribution is 2.56. The molecule has 1 spiro atoms. The number of benzene rings is 3. The van der Waals surface area contributed by atoms with Crippen LogP contribution in [0.2, 0.25) is 0 Å². The third-order valence-corrected chi connectivity index (χ3v) is 6.08. The van der Waals surface area contributed by atoms with Crippen molar-refractivity contribution in [1.82, 2.24) is 0 Å². The first-order chi connectivity index (χ1) is 11.9. The van der Waals surface area contributed by atoms with Crippen LogP contribution in [0.3, 0.4) is 0 Å². The fourth-order valence-electron chi connectivity index (χ4n) is 4.96. The Morgan fingerprint density at radius 3 is 2.08 bits per heavy atom. The van der Waals surface area contributed by atoms with Crippen LogP contribution >= 0.6 is 0 Å². The Labute approximate surface area is 144 Å². The van der Waals surface area contributed by atoms with Crippen molar-refractivity contribution in [3.8, 4) is 22.3 Å². The molecule has 0 nitrogen and oxygen atoms in total. The molecule has 0 radical (unpaired) electrons. The SMILES string of the molecule is c1ccc(-c2ccc3c(c2)C2(CCCCC2)c2ccccc2-3)cc1. The van der Waals surface area contributed by atoms with Crippen LogP contribution in [0, 0.1) is 0 Å². The van der Waals surface area contributed by atoms with Crippen molar-refractivity contribution in [2.45, 2.75) is 37.5 Å². The Morgan fingerprint density at radius 2 is 1.25 bits per heavy atom. The van der Waals surface area contributed by atoms with E-state index in [9.17, 15) is 0 Å². The van der Waals surface area contributed by atoms with Crippen LogP contribution in [-0.4, -0.2) is 0 Å². The lowest BCUT2D eigenvalue weighted by Gasteiger charge is -2.36. The van der Waals surface area contributed by atoms with Gasteiger partial charge in [0.2, 0.25) is 0 Å². The molecule has 3 aromatic rings. The van der Waals surface area contributed by atoms with Crippen molar-refractivity contribution in [2.75, 3.05) is 0 Å². The minimum atomic E-state index is 0.259. The van der Waals surface area contributed by atoms with Gasteiger partial charge in [-0.2, -0.15) is 0 Å². The molecule has 0 N–H and O–H groups in total. The molecular formula is C24H22. The second-order valence-electron chi connectivity index (χ2n) is 7.31. The molecule has 1 saturated carbocycles. The zero-order chi connectivity index (χ0) is 16.0. The molecule has 0 aliphatic heterocycles. The highest BCUT2D eigenvalue weighted by Gasteiger charge is 2.43. The summed E-state index contributed by atoms with van der Waals surface area (Å²) in [5.74, 6) is 0. The first kappa shape index (κ1) is 14.0. The van der Waals surface area contributed by atoms with Crippen LogP contribution in [0.1, 0.15) is 43.2 Å². The second-order valence-corrected chi connectivity index (χ2v) is 7.31. The average Bonchev–Trinajstić information content (AvgIpc) is 2.93. The van der Waals surface area contributed by atoms with Gasteiger partial charge in [0.05, 0.1) is 0 Å². The summed E-state index contributed by atoms with van der Waals surface area (Å²) in [6, 6.07) is 27.0. The fourth-order valence-corrected chi connectivity index (χ4v) is 4.96. The zero-order valence-electron chi connectivity index (χ0n) is 14.0. The molecule has 118 valence electrons. The van der Waals surface area contributed by atoms with E-state index in [-0.39, 0.29) is 5.41 Å². The Kier molecular flexibility index (Phi) is 3.13. The molecule has 24 heavy (non-hydrogen) atoms. The van der Waals surface area contributed by atoms with E-state index in [0.717, 1.165) is 0 Å². The van der Waals surface area contributed by atoms with Gasteiger partial charge in [0.25, 0.3) is 0 Å². The first-order valence-corrected chi connectivity index (χ1v) is 9.18. The number of hydrogen-bond acceptors (Lipinski definition) is 0. The summed E-state index contributed by atoms with van der Waals surface area (Å²) >= 11 is 0. The number of hydrogen-bond donors (Lipinski definition) is 0. The standard InChI is InChI=1S/C24H22/c1-3-9-18(10-4-1)19-13-14-21-20-11-5-6-12-22(20)24(23(21)17-19)15-7-2-8-16-24/h1,3-6,9-14,17H,2,7-8,15-16H2. The van der Waals surface area contributed by atoms with Crippen molar-refractivity contribution < 1.29 is 0 Å².